The van der Waals surface area contributed by atoms with Gasteiger partial charge >= 0.3 is 0 Å². The Balaban J connectivity index is 2.45. The first-order valence-electron chi connectivity index (χ1n) is 5.34. The van der Waals surface area contributed by atoms with Gasteiger partial charge in [0.25, 0.3) is 0 Å². The summed E-state index contributed by atoms with van der Waals surface area (Å²) in [5, 5.41) is 14.2. The normalized spacial score (nSPS) is 24.8. The Morgan fingerprint density at radius 3 is 2.81 bits per heavy atom. The van der Waals surface area contributed by atoms with Crippen LogP contribution in [0.15, 0.2) is 12.1 Å². The highest BCUT2D eigenvalue weighted by Crippen LogP contribution is 2.36. The topological polar surface area (TPSA) is 41.5 Å². The molecular formula is C12H16ClNO2. The first-order valence-corrected chi connectivity index (χ1v) is 5.72. The Morgan fingerprint density at radius 1 is 1.50 bits per heavy atom. The van der Waals surface area contributed by atoms with Crippen molar-refractivity contribution in [2.24, 2.45) is 0 Å². The third kappa shape index (κ3) is 1.90. The van der Waals surface area contributed by atoms with Gasteiger partial charge in [0, 0.05) is 6.54 Å². The zero-order valence-corrected chi connectivity index (χ0v) is 10.3. The molecule has 16 heavy (non-hydrogen) atoms. The fourth-order valence-electron chi connectivity index (χ4n) is 2.22. The fraction of sp³-hybridized carbons (Fsp3) is 0.500. The maximum Gasteiger partial charge on any atom is 0.137 e. The second kappa shape index (κ2) is 4.24. The Bertz CT molecular complexity index is 400. The molecule has 4 heteroatoms. The van der Waals surface area contributed by atoms with Crippen LogP contribution in [-0.4, -0.2) is 25.3 Å². The van der Waals surface area contributed by atoms with Gasteiger partial charge in [0.05, 0.1) is 12.1 Å². The summed E-state index contributed by atoms with van der Waals surface area (Å²) in [7, 11) is 1.59. The van der Waals surface area contributed by atoms with Crippen molar-refractivity contribution in [3.8, 4) is 5.75 Å². The van der Waals surface area contributed by atoms with Gasteiger partial charge in [-0.3, -0.25) is 0 Å². The number of ether oxygens (including phenoxy) is 1. The minimum atomic E-state index is -0.792. The van der Waals surface area contributed by atoms with Gasteiger partial charge in [0.1, 0.15) is 11.4 Å². The highest BCUT2D eigenvalue weighted by Gasteiger charge is 2.34. The van der Waals surface area contributed by atoms with E-state index in [1.807, 2.05) is 19.1 Å². The van der Waals surface area contributed by atoms with E-state index in [0.29, 0.717) is 17.3 Å². The van der Waals surface area contributed by atoms with Gasteiger partial charge in [-0.25, -0.2) is 0 Å². The molecule has 0 saturated carbocycles. The quantitative estimate of drug-likeness (QED) is 0.830. The van der Waals surface area contributed by atoms with Gasteiger partial charge in [-0.2, -0.15) is 0 Å². The van der Waals surface area contributed by atoms with Crippen LogP contribution >= 0.6 is 11.6 Å². The maximum atomic E-state index is 10.5. The molecule has 0 radical (unpaired) electrons. The summed E-state index contributed by atoms with van der Waals surface area (Å²) in [6.45, 7) is 3.38. The Labute approximate surface area is 100 Å². The van der Waals surface area contributed by atoms with Crippen LogP contribution in [0.2, 0.25) is 5.02 Å². The lowest BCUT2D eigenvalue weighted by atomic mass is 9.89. The van der Waals surface area contributed by atoms with E-state index in [-0.39, 0.29) is 0 Å². The molecule has 1 aliphatic rings. The first kappa shape index (κ1) is 11.7. The fourth-order valence-corrected chi connectivity index (χ4v) is 2.46. The monoisotopic (exact) mass is 241 g/mol. The van der Waals surface area contributed by atoms with E-state index < -0.39 is 5.60 Å². The van der Waals surface area contributed by atoms with E-state index in [2.05, 4.69) is 5.32 Å². The van der Waals surface area contributed by atoms with Crippen molar-refractivity contribution < 1.29 is 9.84 Å². The van der Waals surface area contributed by atoms with Crippen LogP contribution in [0.4, 0.5) is 0 Å². The van der Waals surface area contributed by atoms with E-state index >= 15 is 0 Å². The minimum absolute atomic E-state index is 0.545. The molecule has 2 N–H and O–H groups in total. The van der Waals surface area contributed by atoms with Gasteiger partial charge < -0.3 is 15.2 Å². The van der Waals surface area contributed by atoms with Gasteiger partial charge in [-0.1, -0.05) is 11.6 Å². The summed E-state index contributed by atoms with van der Waals surface area (Å²) in [4.78, 5) is 0. The number of benzene rings is 1. The van der Waals surface area contributed by atoms with E-state index in [1.165, 1.54) is 0 Å². The Kier molecular flexibility index (Phi) is 3.10. The summed E-state index contributed by atoms with van der Waals surface area (Å²) in [5.41, 5.74) is 1.11. The molecule has 3 nitrogen and oxygen atoms in total. The zero-order chi connectivity index (χ0) is 11.8. The summed E-state index contributed by atoms with van der Waals surface area (Å²) < 4.78 is 5.15. The zero-order valence-electron chi connectivity index (χ0n) is 9.51. The van der Waals surface area contributed by atoms with Crippen molar-refractivity contribution in [3.63, 3.8) is 0 Å². The third-order valence-electron chi connectivity index (χ3n) is 3.13. The molecule has 1 heterocycles. The van der Waals surface area contributed by atoms with Crippen LogP contribution in [0.5, 0.6) is 5.75 Å². The Morgan fingerprint density at radius 2 is 2.25 bits per heavy atom. The SMILES string of the molecule is COc1cc(C)c(C2(O)CCNC2)cc1Cl. The van der Waals surface area contributed by atoms with Crippen molar-refractivity contribution in [1.82, 2.24) is 5.32 Å². The molecular weight excluding hydrogens is 226 g/mol. The van der Waals surface area contributed by atoms with Gasteiger partial charge in [0.2, 0.25) is 0 Å². The lowest BCUT2D eigenvalue weighted by molar-refractivity contribution is 0.0580. The van der Waals surface area contributed by atoms with Crippen LogP contribution in [0.25, 0.3) is 0 Å². The highest BCUT2D eigenvalue weighted by atomic mass is 35.5. The first-order chi connectivity index (χ1) is 7.57. The number of aliphatic hydroxyl groups is 1. The molecule has 1 fully saturated rings. The number of hydrogen-bond donors (Lipinski definition) is 2. The largest absolute Gasteiger partial charge is 0.495 e. The van der Waals surface area contributed by atoms with E-state index in [0.717, 1.165) is 24.1 Å². The summed E-state index contributed by atoms with van der Waals surface area (Å²) >= 11 is 6.09. The molecule has 2 rings (SSSR count). The summed E-state index contributed by atoms with van der Waals surface area (Å²) in [5.74, 6) is 0.650. The number of aryl methyl sites for hydroxylation is 1. The standard InChI is InChI=1S/C12H16ClNO2/c1-8-5-11(16-2)10(13)6-9(8)12(15)3-4-14-7-12/h5-6,14-15H,3-4,7H2,1-2H3. The van der Waals surface area contributed by atoms with Crippen molar-refractivity contribution in [1.29, 1.82) is 0 Å². The molecule has 0 aromatic heterocycles. The van der Waals surface area contributed by atoms with Crippen molar-refractivity contribution in [2.45, 2.75) is 18.9 Å². The number of methoxy groups -OCH3 is 1. The number of rotatable bonds is 2. The predicted molar refractivity (Wildman–Crippen MR) is 64.1 cm³/mol. The molecule has 1 aliphatic heterocycles. The van der Waals surface area contributed by atoms with E-state index in [9.17, 15) is 5.11 Å². The molecule has 0 aliphatic carbocycles. The Hall–Kier alpha value is -0.770. The third-order valence-corrected chi connectivity index (χ3v) is 3.43. The summed E-state index contributed by atoms with van der Waals surface area (Å²) in [6.07, 6.45) is 0.719. The molecule has 0 spiro atoms. The second-order valence-corrected chi connectivity index (χ2v) is 4.67. The molecule has 1 aromatic rings. The van der Waals surface area contributed by atoms with Gasteiger partial charge in [0.15, 0.2) is 0 Å². The van der Waals surface area contributed by atoms with Crippen LogP contribution < -0.4 is 10.1 Å². The minimum Gasteiger partial charge on any atom is -0.495 e. The van der Waals surface area contributed by atoms with Crippen LogP contribution in [0.1, 0.15) is 17.5 Å². The molecule has 1 unspecified atom stereocenters. The number of halogens is 1. The van der Waals surface area contributed by atoms with Crippen molar-refractivity contribution >= 4 is 11.6 Å². The maximum absolute atomic E-state index is 10.5. The highest BCUT2D eigenvalue weighted by molar-refractivity contribution is 6.32. The van der Waals surface area contributed by atoms with E-state index in [1.54, 1.807) is 7.11 Å². The van der Waals surface area contributed by atoms with Gasteiger partial charge in [-0.15, -0.1) is 0 Å². The average molecular weight is 242 g/mol. The summed E-state index contributed by atoms with van der Waals surface area (Å²) in [6, 6.07) is 3.68. The number of β-amino-alcohol motifs (C(OH)–C–C–N with tert-alkyl or cyclic N) is 1. The molecule has 1 atom stereocenters. The molecule has 0 bridgehead atoms. The molecule has 1 saturated heterocycles. The second-order valence-electron chi connectivity index (χ2n) is 4.26. The predicted octanol–water partition coefficient (Wildman–Crippen LogP) is 1.84. The molecule has 0 amide bonds. The lowest BCUT2D eigenvalue weighted by Gasteiger charge is -2.24. The molecule has 88 valence electrons. The lowest BCUT2D eigenvalue weighted by Crippen LogP contribution is -2.29. The number of hydrogen-bond acceptors (Lipinski definition) is 3. The van der Waals surface area contributed by atoms with Crippen LogP contribution in [0, 0.1) is 6.92 Å². The molecule has 1 aromatic carbocycles. The number of nitrogens with one attached hydrogen (secondary N) is 1. The van der Waals surface area contributed by atoms with Crippen molar-refractivity contribution in [2.75, 3.05) is 20.2 Å². The van der Waals surface area contributed by atoms with Crippen LogP contribution in [0.3, 0.4) is 0 Å². The van der Waals surface area contributed by atoms with Crippen molar-refractivity contribution in [3.05, 3.63) is 28.3 Å². The smallest absolute Gasteiger partial charge is 0.137 e. The van der Waals surface area contributed by atoms with Gasteiger partial charge in [-0.05, 0) is 43.1 Å². The van der Waals surface area contributed by atoms with Crippen LogP contribution in [-0.2, 0) is 5.60 Å². The average Bonchev–Trinajstić information content (AvgIpc) is 2.69. The van der Waals surface area contributed by atoms with E-state index in [4.69, 9.17) is 16.3 Å².